The van der Waals surface area contributed by atoms with Gasteiger partial charge >= 0.3 is 0 Å². The Balaban J connectivity index is 1.55. The van der Waals surface area contributed by atoms with Gasteiger partial charge in [0.15, 0.2) is 5.13 Å². The number of carbonyl (C=O) groups excluding carboxylic acids is 1. The van der Waals surface area contributed by atoms with E-state index in [0.29, 0.717) is 16.0 Å². The van der Waals surface area contributed by atoms with Gasteiger partial charge in [0.1, 0.15) is 0 Å². The molecule has 2 N–H and O–H groups in total. The standard InChI is InChI=1S/C17H13N5OS2/c1-18-16-19-9-8-11(20-16)13-6-7-14(24-13)15(23)22-17-21-10-4-2-3-5-12(10)25-17/h2-9H,1H3,(H,18,19,20)(H,21,22,23). The fourth-order valence-corrected chi connectivity index (χ4v) is 4.03. The maximum absolute atomic E-state index is 12.5. The molecule has 1 aromatic carbocycles. The normalized spacial score (nSPS) is 10.8. The van der Waals surface area contributed by atoms with Gasteiger partial charge in [0, 0.05) is 13.2 Å². The van der Waals surface area contributed by atoms with E-state index in [0.717, 1.165) is 20.8 Å². The number of aromatic nitrogens is 3. The molecule has 0 saturated heterocycles. The molecule has 0 aliphatic rings. The number of carbonyl (C=O) groups is 1. The summed E-state index contributed by atoms with van der Waals surface area (Å²) in [5, 5.41) is 6.37. The number of rotatable bonds is 4. The third kappa shape index (κ3) is 3.21. The lowest BCUT2D eigenvalue weighted by Gasteiger charge is -2.00. The Morgan fingerprint density at radius 1 is 1.04 bits per heavy atom. The summed E-state index contributed by atoms with van der Waals surface area (Å²) >= 11 is 2.85. The van der Waals surface area contributed by atoms with E-state index in [1.54, 1.807) is 19.3 Å². The van der Waals surface area contributed by atoms with Crippen LogP contribution in [-0.2, 0) is 0 Å². The van der Waals surface area contributed by atoms with Crippen molar-refractivity contribution < 1.29 is 4.79 Å². The third-order valence-electron chi connectivity index (χ3n) is 3.48. The zero-order valence-electron chi connectivity index (χ0n) is 13.2. The lowest BCUT2D eigenvalue weighted by Crippen LogP contribution is -2.09. The molecule has 25 heavy (non-hydrogen) atoms. The van der Waals surface area contributed by atoms with Crippen LogP contribution in [0.3, 0.4) is 0 Å². The van der Waals surface area contributed by atoms with Gasteiger partial charge in [-0.05, 0) is 30.3 Å². The number of hydrogen-bond donors (Lipinski definition) is 2. The number of thiazole rings is 1. The van der Waals surface area contributed by atoms with E-state index in [9.17, 15) is 4.79 Å². The summed E-state index contributed by atoms with van der Waals surface area (Å²) in [6.07, 6.45) is 1.69. The average molecular weight is 367 g/mol. The average Bonchev–Trinajstić information content (AvgIpc) is 3.28. The Bertz CT molecular complexity index is 1020. The number of nitrogens with one attached hydrogen (secondary N) is 2. The molecule has 4 aromatic rings. The minimum atomic E-state index is -0.168. The van der Waals surface area contributed by atoms with E-state index in [1.807, 2.05) is 36.4 Å². The van der Waals surface area contributed by atoms with Crippen molar-refractivity contribution >= 4 is 49.9 Å². The van der Waals surface area contributed by atoms with E-state index in [4.69, 9.17) is 0 Å². The highest BCUT2D eigenvalue weighted by Crippen LogP contribution is 2.29. The van der Waals surface area contributed by atoms with Gasteiger partial charge in [0.05, 0.1) is 25.7 Å². The van der Waals surface area contributed by atoms with Crippen molar-refractivity contribution in [2.75, 3.05) is 17.7 Å². The molecule has 0 unspecified atom stereocenters. The predicted molar refractivity (Wildman–Crippen MR) is 102 cm³/mol. The van der Waals surface area contributed by atoms with Gasteiger partial charge in [-0.3, -0.25) is 10.1 Å². The van der Waals surface area contributed by atoms with E-state index >= 15 is 0 Å². The van der Waals surface area contributed by atoms with Crippen LogP contribution in [0, 0.1) is 0 Å². The SMILES string of the molecule is CNc1nccc(-c2ccc(C(=O)Nc3nc4ccccc4s3)s2)n1. The van der Waals surface area contributed by atoms with E-state index in [1.165, 1.54) is 22.7 Å². The lowest BCUT2D eigenvalue weighted by atomic mass is 10.3. The maximum Gasteiger partial charge on any atom is 0.267 e. The molecular formula is C17H13N5OS2. The molecule has 8 heteroatoms. The second kappa shape index (κ2) is 6.58. The van der Waals surface area contributed by atoms with Gasteiger partial charge in [-0.1, -0.05) is 23.5 Å². The molecule has 3 aromatic heterocycles. The molecule has 6 nitrogen and oxygen atoms in total. The molecule has 4 rings (SSSR count). The molecule has 0 atom stereocenters. The number of thiophene rings is 1. The molecule has 0 radical (unpaired) electrons. The summed E-state index contributed by atoms with van der Waals surface area (Å²) in [5.41, 5.74) is 1.67. The second-order valence-electron chi connectivity index (χ2n) is 5.12. The number of amides is 1. The van der Waals surface area contributed by atoms with Crippen molar-refractivity contribution in [3.8, 4) is 10.6 Å². The number of nitrogens with zero attached hydrogens (tertiary/aromatic N) is 3. The van der Waals surface area contributed by atoms with Crippen LogP contribution < -0.4 is 10.6 Å². The summed E-state index contributed by atoms with van der Waals surface area (Å²) in [5.74, 6) is 0.379. The van der Waals surface area contributed by atoms with Crippen molar-refractivity contribution in [3.63, 3.8) is 0 Å². The molecule has 0 bridgehead atoms. The number of hydrogen-bond acceptors (Lipinski definition) is 7. The number of para-hydroxylation sites is 1. The Hall–Kier alpha value is -2.84. The molecule has 1 amide bonds. The first-order valence-electron chi connectivity index (χ1n) is 7.51. The molecule has 124 valence electrons. The first-order chi connectivity index (χ1) is 12.2. The summed E-state index contributed by atoms with van der Waals surface area (Å²) in [7, 11) is 1.77. The van der Waals surface area contributed by atoms with Crippen molar-refractivity contribution in [2.45, 2.75) is 0 Å². The van der Waals surface area contributed by atoms with Crippen LogP contribution in [0.25, 0.3) is 20.8 Å². The molecule has 0 spiro atoms. The Morgan fingerprint density at radius 2 is 1.92 bits per heavy atom. The van der Waals surface area contributed by atoms with Crippen LogP contribution in [-0.4, -0.2) is 27.9 Å². The Labute approximate surface area is 151 Å². The summed E-state index contributed by atoms with van der Waals surface area (Å²) in [4.78, 5) is 26.9. The molecule has 0 fully saturated rings. The van der Waals surface area contributed by atoms with Crippen molar-refractivity contribution in [2.24, 2.45) is 0 Å². The van der Waals surface area contributed by atoms with Gasteiger partial charge < -0.3 is 5.32 Å². The number of benzene rings is 1. The van der Waals surface area contributed by atoms with Gasteiger partial charge in [-0.15, -0.1) is 11.3 Å². The lowest BCUT2D eigenvalue weighted by molar-refractivity contribution is 0.103. The van der Waals surface area contributed by atoms with E-state index in [2.05, 4.69) is 25.6 Å². The first kappa shape index (κ1) is 15.7. The minimum absolute atomic E-state index is 0.168. The molecule has 3 heterocycles. The zero-order chi connectivity index (χ0) is 17.2. The monoisotopic (exact) mass is 367 g/mol. The van der Waals surface area contributed by atoms with E-state index in [-0.39, 0.29) is 5.91 Å². The largest absolute Gasteiger partial charge is 0.357 e. The highest BCUT2D eigenvalue weighted by Gasteiger charge is 2.13. The quantitative estimate of drug-likeness (QED) is 0.567. The van der Waals surface area contributed by atoms with E-state index < -0.39 is 0 Å². The van der Waals surface area contributed by atoms with Crippen molar-refractivity contribution in [3.05, 3.63) is 53.5 Å². The zero-order valence-corrected chi connectivity index (χ0v) is 14.8. The third-order valence-corrected chi connectivity index (χ3v) is 5.53. The number of anilines is 2. The first-order valence-corrected chi connectivity index (χ1v) is 9.14. The van der Waals surface area contributed by atoms with Crippen LogP contribution in [0.4, 0.5) is 11.1 Å². The minimum Gasteiger partial charge on any atom is -0.357 e. The Morgan fingerprint density at radius 3 is 2.76 bits per heavy atom. The van der Waals surface area contributed by atoms with Crippen molar-refractivity contribution in [1.82, 2.24) is 15.0 Å². The fraction of sp³-hybridized carbons (Fsp3) is 0.0588. The second-order valence-corrected chi connectivity index (χ2v) is 7.23. The van der Waals surface area contributed by atoms with Crippen LogP contribution in [0.1, 0.15) is 9.67 Å². The van der Waals surface area contributed by atoms with Crippen molar-refractivity contribution in [1.29, 1.82) is 0 Å². The van der Waals surface area contributed by atoms with Crippen LogP contribution in [0.2, 0.25) is 0 Å². The Kier molecular flexibility index (Phi) is 4.12. The summed E-state index contributed by atoms with van der Waals surface area (Å²) in [6, 6.07) is 13.3. The smallest absolute Gasteiger partial charge is 0.267 e. The highest BCUT2D eigenvalue weighted by atomic mass is 32.1. The van der Waals surface area contributed by atoms with Crippen LogP contribution >= 0.6 is 22.7 Å². The topological polar surface area (TPSA) is 79.8 Å². The van der Waals surface area contributed by atoms with Crippen LogP contribution in [0.15, 0.2) is 48.7 Å². The van der Waals surface area contributed by atoms with Gasteiger partial charge in [0.2, 0.25) is 5.95 Å². The van der Waals surface area contributed by atoms with Crippen LogP contribution in [0.5, 0.6) is 0 Å². The molecule has 0 aliphatic heterocycles. The van der Waals surface area contributed by atoms with Gasteiger partial charge in [0.25, 0.3) is 5.91 Å². The fourth-order valence-electron chi connectivity index (χ4n) is 2.30. The van der Waals surface area contributed by atoms with Gasteiger partial charge in [-0.25, -0.2) is 15.0 Å². The number of fused-ring (bicyclic) bond motifs is 1. The summed E-state index contributed by atoms with van der Waals surface area (Å²) in [6.45, 7) is 0. The van der Waals surface area contributed by atoms with Gasteiger partial charge in [-0.2, -0.15) is 0 Å². The molecule has 0 saturated carbocycles. The summed E-state index contributed by atoms with van der Waals surface area (Å²) < 4.78 is 1.05. The molecule has 0 aliphatic carbocycles. The molecular weight excluding hydrogens is 354 g/mol. The predicted octanol–water partition coefficient (Wildman–Crippen LogP) is 4.11. The highest BCUT2D eigenvalue weighted by molar-refractivity contribution is 7.22. The maximum atomic E-state index is 12.5.